The van der Waals surface area contributed by atoms with Gasteiger partial charge in [0, 0.05) is 23.5 Å². The molecule has 1 N–H and O–H groups in total. The third-order valence-electron chi connectivity index (χ3n) is 6.89. The van der Waals surface area contributed by atoms with Crippen LogP contribution in [0.3, 0.4) is 0 Å². The Labute approximate surface area is 151 Å². The molecule has 3 saturated carbocycles. The van der Waals surface area contributed by atoms with E-state index in [4.69, 9.17) is 0 Å². The fourth-order valence-electron chi connectivity index (χ4n) is 5.50. The minimum atomic E-state index is -0.735. The Hall–Kier alpha value is -2.05. The first-order valence-electron chi connectivity index (χ1n) is 9.65. The number of nitrogens with one attached hydrogen (secondary N) is 1. The van der Waals surface area contributed by atoms with Gasteiger partial charge in [0.05, 0.1) is 12.4 Å². The molecular formula is C19H23FN4O2. The molecule has 0 aromatic carbocycles. The van der Waals surface area contributed by atoms with Crippen LogP contribution in [0, 0.1) is 17.3 Å². The van der Waals surface area contributed by atoms with Crippen molar-refractivity contribution in [3.8, 4) is 0 Å². The van der Waals surface area contributed by atoms with Crippen LogP contribution in [-0.4, -0.2) is 44.8 Å². The van der Waals surface area contributed by atoms with Gasteiger partial charge < -0.3 is 10.2 Å². The number of amides is 2. The van der Waals surface area contributed by atoms with Gasteiger partial charge >= 0.3 is 0 Å². The Bertz CT molecular complexity index is 739. The highest BCUT2D eigenvalue weighted by Gasteiger charge is 2.61. The van der Waals surface area contributed by atoms with Crippen molar-refractivity contribution in [2.24, 2.45) is 11.3 Å². The molecule has 0 radical (unpaired) electrons. The van der Waals surface area contributed by atoms with E-state index in [9.17, 15) is 14.0 Å². The summed E-state index contributed by atoms with van der Waals surface area (Å²) in [6, 6.07) is 0.297. The van der Waals surface area contributed by atoms with Gasteiger partial charge in [0.25, 0.3) is 5.91 Å². The fraction of sp³-hybridized carbons (Fsp3) is 0.684. The molecule has 2 saturated heterocycles. The van der Waals surface area contributed by atoms with E-state index < -0.39 is 5.95 Å². The molecule has 26 heavy (non-hydrogen) atoms. The molecule has 3 aliphatic carbocycles. The van der Waals surface area contributed by atoms with Gasteiger partial charge in [-0.1, -0.05) is 0 Å². The zero-order chi connectivity index (χ0) is 17.9. The monoisotopic (exact) mass is 358 g/mol. The molecule has 4 bridgehead atoms. The molecule has 1 aromatic rings. The van der Waals surface area contributed by atoms with Crippen molar-refractivity contribution in [2.45, 2.75) is 69.5 Å². The van der Waals surface area contributed by atoms with Gasteiger partial charge in [-0.25, -0.2) is 4.98 Å². The van der Waals surface area contributed by atoms with E-state index in [1.807, 2.05) is 4.90 Å². The third kappa shape index (κ3) is 2.43. The van der Waals surface area contributed by atoms with E-state index in [1.165, 1.54) is 6.20 Å². The van der Waals surface area contributed by atoms with E-state index in [-0.39, 0.29) is 41.0 Å². The lowest BCUT2D eigenvalue weighted by Gasteiger charge is -2.60. The summed E-state index contributed by atoms with van der Waals surface area (Å²) in [6.45, 7) is 0. The second-order valence-corrected chi connectivity index (χ2v) is 8.58. The molecular weight excluding hydrogens is 335 g/mol. The molecule has 5 aliphatic rings. The van der Waals surface area contributed by atoms with E-state index in [0.29, 0.717) is 0 Å². The van der Waals surface area contributed by atoms with Gasteiger partial charge in [0.2, 0.25) is 11.9 Å². The molecule has 6 rings (SSSR count). The second-order valence-electron chi connectivity index (χ2n) is 8.58. The van der Waals surface area contributed by atoms with Crippen LogP contribution < -0.4 is 5.32 Å². The molecule has 138 valence electrons. The first-order chi connectivity index (χ1) is 12.5. The van der Waals surface area contributed by atoms with Gasteiger partial charge in [-0.05, 0) is 57.3 Å². The number of rotatable bonds is 3. The van der Waals surface area contributed by atoms with Crippen LogP contribution in [0.2, 0.25) is 0 Å². The van der Waals surface area contributed by atoms with E-state index in [0.717, 1.165) is 63.5 Å². The van der Waals surface area contributed by atoms with Crippen LogP contribution in [0.15, 0.2) is 12.4 Å². The second kappa shape index (κ2) is 5.72. The summed E-state index contributed by atoms with van der Waals surface area (Å²) in [6.07, 6.45) is 9.98. The lowest BCUT2D eigenvalue weighted by atomic mass is 9.44. The summed E-state index contributed by atoms with van der Waals surface area (Å²) in [7, 11) is 0. The largest absolute Gasteiger partial charge is 0.353 e. The van der Waals surface area contributed by atoms with E-state index >= 15 is 0 Å². The number of nitrogens with zero attached hydrogens (tertiary/aromatic N) is 3. The van der Waals surface area contributed by atoms with Crippen molar-refractivity contribution >= 4 is 11.8 Å². The summed E-state index contributed by atoms with van der Waals surface area (Å²) in [5.41, 5.74) is 0.00224. The average molecular weight is 358 g/mol. The predicted octanol–water partition coefficient (Wildman–Crippen LogP) is 2.06. The summed E-state index contributed by atoms with van der Waals surface area (Å²) in [5, 5.41) is 3.27. The molecule has 1 aromatic heterocycles. The van der Waals surface area contributed by atoms with Crippen molar-refractivity contribution in [2.75, 3.05) is 0 Å². The lowest BCUT2D eigenvalue weighted by molar-refractivity contribution is -0.166. The molecule has 2 unspecified atom stereocenters. The molecule has 6 nitrogen and oxygen atoms in total. The van der Waals surface area contributed by atoms with E-state index in [1.54, 1.807) is 0 Å². The molecule has 0 spiro atoms. The van der Waals surface area contributed by atoms with Crippen LogP contribution >= 0.6 is 0 Å². The summed E-state index contributed by atoms with van der Waals surface area (Å²) < 4.78 is 13.4. The highest BCUT2D eigenvalue weighted by Crippen LogP contribution is 2.64. The highest BCUT2D eigenvalue weighted by atomic mass is 19.1. The topological polar surface area (TPSA) is 75.2 Å². The lowest BCUT2D eigenvalue weighted by Crippen LogP contribution is -2.64. The van der Waals surface area contributed by atoms with Crippen LogP contribution in [0.1, 0.15) is 61.9 Å². The number of hydrogen-bond donors (Lipinski definition) is 1. The molecule has 7 heteroatoms. The van der Waals surface area contributed by atoms with Crippen LogP contribution in [-0.2, 0) is 4.79 Å². The van der Waals surface area contributed by atoms with Gasteiger partial charge in [0.1, 0.15) is 5.69 Å². The number of carbonyl (C=O) groups is 2. The fourth-order valence-corrected chi connectivity index (χ4v) is 5.50. The molecule has 5 fully saturated rings. The first-order valence-corrected chi connectivity index (χ1v) is 9.65. The Morgan fingerprint density at radius 2 is 1.85 bits per heavy atom. The SMILES string of the molecule is O=C(c1cncc(F)n1)N1C2CCCC1CC(NC(=O)C13CC(C1)C3)C2. The minimum absolute atomic E-state index is 0.0656. The van der Waals surface area contributed by atoms with Crippen LogP contribution in [0.5, 0.6) is 0 Å². The maximum atomic E-state index is 13.4. The van der Waals surface area contributed by atoms with Gasteiger partial charge in [-0.2, -0.15) is 4.39 Å². The number of halogens is 1. The van der Waals surface area contributed by atoms with Crippen molar-refractivity contribution in [1.29, 1.82) is 0 Å². The zero-order valence-corrected chi connectivity index (χ0v) is 14.7. The van der Waals surface area contributed by atoms with Crippen molar-refractivity contribution in [3.05, 3.63) is 24.0 Å². The van der Waals surface area contributed by atoms with Crippen molar-refractivity contribution < 1.29 is 14.0 Å². The van der Waals surface area contributed by atoms with Gasteiger partial charge in [-0.3, -0.25) is 14.6 Å². The van der Waals surface area contributed by atoms with Crippen molar-refractivity contribution in [3.63, 3.8) is 0 Å². The molecule has 2 amide bonds. The quantitative estimate of drug-likeness (QED) is 0.897. The Balaban J connectivity index is 1.29. The summed E-state index contributed by atoms with van der Waals surface area (Å²) >= 11 is 0. The third-order valence-corrected chi connectivity index (χ3v) is 6.89. The maximum Gasteiger partial charge on any atom is 0.274 e. The number of fused-ring (bicyclic) bond motifs is 2. The molecule has 2 aliphatic heterocycles. The minimum Gasteiger partial charge on any atom is -0.353 e. The molecule has 2 atom stereocenters. The summed E-state index contributed by atoms with van der Waals surface area (Å²) in [4.78, 5) is 34.8. The Morgan fingerprint density at radius 1 is 1.15 bits per heavy atom. The summed E-state index contributed by atoms with van der Waals surface area (Å²) in [5.74, 6) is 0.0310. The number of carbonyl (C=O) groups excluding carboxylic acids is 2. The first kappa shape index (κ1) is 16.1. The average Bonchev–Trinajstić information content (AvgIpc) is 2.50. The van der Waals surface area contributed by atoms with Crippen LogP contribution in [0.25, 0.3) is 0 Å². The molecule has 3 heterocycles. The van der Waals surface area contributed by atoms with Crippen LogP contribution in [0.4, 0.5) is 4.39 Å². The number of aromatic nitrogens is 2. The Morgan fingerprint density at radius 3 is 2.42 bits per heavy atom. The van der Waals surface area contributed by atoms with Gasteiger partial charge in [-0.15, -0.1) is 0 Å². The maximum absolute atomic E-state index is 13.4. The smallest absolute Gasteiger partial charge is 0.274 e. The van der Waals surface area contributed by atoms with Crippen molar-refractivity contribution in [1.82, 2.24) is 20.2 Å². The zero-order valence-electron chi connectivity index (χ0n) is 14.7. The number of hydrogen-bond acceptors (Lipinski definition) is 4. The van der Waals surface area contributed by atoms with E-state index in [2.05, 4.69) is 15.3 Å². The Kier molecular flexibility index (Phi) is 3.56. The standard InChI is InChI=1S/C19H23FN4O2/c20-16-10-21-9-15(23-16)17(25)24-13-2-1-3-14(24)5-12(4-13)22-18(26)19-6-11(7-19)8-19/h9-14H,1-8H2,(H,22,26). The normalized spacial score (nSPS) is 37.3. The number of piperidine rings is 2. The predicted molar refractivity (Wildman–Crippen MR) is 90.5 cm³/mol. The van der Waals surface area contributed by atoms with Gasteiger partial charge in [0.15, 0.2) is 0 Å². The highest BCUT2D eigenvalue weighted by molar-refractivity contribution is 5.92.